The first-order valence-electron chi connectivity index (χ1n) is 7.63. The highest BCUT2D eigenvalue weighted by atomic mass is 19.1. The Morgan fingerprint density at radius 1 is 1.14 bits per heavy atom. The molecule has 0 spiro atoms. The number of carbonyl (C=O) groups is 1. The zero-order valence-corrected chi connectivity index (χ0v) is 12.0. The largest absolute Gasteiger partial charge is 0.334 e. The Kier molecular flexibility index (Phi) is 4.19. The summed E-state index contributed by atoms with van der Waals surface area (Å²) in [6, 6.07) is 3.32. The number of hydrogen-bond donors (Lipinski definition) is 0. The second-order valence-corrected chi connectivity index (χ2v) is 5.93. The number of halogens is 2. The summed E-state index contributed by atoms with van der Waals surface area (Å²) < 4.78 is 26.8. The maximum absolute atomic E-state index is 13.8. The molecule has 3 nitrogen and oxygen atoms in total. The van der Waals surface area contributed by atoms with Gasteiger partial charge in [-0.2, -0.15) is 0 Å². The van der Waals surface area contributed by atoms with E-state index in [1.165, 1.54) is 18.9 Å². The Hall–Kier alpha value is -1.49. The molecular formula is C16H20F2N2O. The van der Waals surface area contributed by atoms with Crippen molar-refractivity contribution in [1.82, 2.24) is 9.80 Å². The number of likely N-dealkylation sites (tertiary alicyclic amines) is 2. The van der Waals surface area contributed by atoms with Gasteiger partial charge in [0.2, 0.25) is 0 Å². The molecule has 114 valence electrons. The molecule has 2 saturated heterocycles. The normalized spacial score (nSPS) is 23.0. The van der Waals surface area contributed by atoms with Crippen LogP contribution < -0.4 is 0 Å². The summed E-state index contributed by atoms with van der Waals surface area (Å²) in [5.41, 5.74) is -0.0234. The fourth-order valence-corrected chi connectivity index (χ4v) is 3.37. The number of rotatable bonds is 3. The molecule has 0 radical (unpaired) electrons. The summed E-state index contributed by atoms with van der Waals surface area (Å²) in [4.78, 5) is 16.6. The van der Waals surface area contributed by atoms with Gasteiger partial charge in [-0.15, -0.1) is 0 Å². The second-order valence-electron chi connectivity index (χ2n) is 5.93. The van der Waals surface area contributed by atoms with Crippen LogP contribution in [0.1, 0.15) is 36.0 Å². The maximum Gasteiger partial charge on any atom is 0.257 e. The molecule has 1 aromatic carbocycles. The van der Waals surface area contributed by atoms with Crippen molar-refractivity contribution in [2.45, 2.75) is 31.7 Å². The number of hydrogen-bond acceptors (Lipinski definition) is 2. The van der Waals surface area contributed by atoms with Gasteiger partial charge in [-0.3, -0.25) is 4.79 Å². The van der Waals surface area contributed by atoms with Crippen LogP contribution in [-0.4, -0.2) is 47.9 Å². The van der Waals surface area contributed by atoms with E-state index < -0.39 is 11.6 Å². The lowest BCUT2D eigenvalue weighted by molar-refractivity contribution is 0.0704. The van der Waals surface area contributed by atoms with E-state index in [2.05, 4.69) is 4.90 Å². The zero-order chi connectivity index (χ0) is 14.8. The third-order valence-electron chi connectivity index (χ3n) is 4.47. The molecule has 2 fully saturated rings. The fourth-order valence-electron chi connectivity index (χ4n) is 3.37. The number of carbonyl (C=O) groups excluding carboxylic acids is 1. The Balaban J connectivity index is 1.73. The van der Waals surface area contributed by atoms with Crippen LogP contribution in [0.15, 0.2) is 18.2 Å². The first-order chi connectivity index (χ1) is 10.1. The molecule has 2 aliphatic rings. The van der Waals surface area contributed by atoms with Crippen molar-refractivity contribution in [3.63, 3.8) is 0 Å². The minimum absolute atomic E-state index is 0.0234. The molecule has 3 rings (SSSR count). The van der Waals surface area contributed by atoms with Crippen molar-refractivity contribution in [1.29, 1.82) is 0 Å². The Labute approximate surface area is 123 Å². The van der Waals surface area contributed by atoms with E-state index in [-0.39, 0.29) is 17.5 Å². The third-order valence-corrected chi connectivity index (χ3v) is 4.47. The van der Waals surface area contributed by atoms with Crippen molar-refractivity contribution < 1.29 is 13.6 Å². The summed E-state index contributed by atoms with van der Waals surface area (Å²) in [6.45, 7) is 3.70. The van der Waals surface area contributed by atoms with Gasteiger partial charge in [0.1, 0.15) is 11.6 Å². The van der Waals surface area contributed by atoms with E-state index in [1.807, 2.05) is 0 Å². The molecule has 1 aromatic rings. The van der Waals surface area contributed by atoms with Gasteiger partial charge >= 0.3 is 0 Å². The van der Waals surface area contributed by atoms with Gasteiger partial charge in [-0.25, -0.2) is 8.78 Å². The second kappa shape index (κ2) is 6.10. The average Bonchev–Trinajstić information content (AvgIpc) is 3.10. The van der Waals surface area contributed by atoms with E-state index in [9.17, 15) is 13.6 Å². The highest BCUT2D eigenvalue weighted by Crippen LogP contribution is 2.23. The van der Waals surface area contributed by atoms with E-state index in [0.29, 0.717) is 6.54 Å². The van der Waals surface area contributed by atoms with Crippen LogP contribution in [-0.2, 0) is 0 Å². The maximum atomic E-state index is 13.8. The van der Waals surface area contributed by atoms with Crippen LogP contribution in [0.4, 0.5) is 8.78 Å². The molecule has 0 aliphatic carbocycles. The minimum Gasteiger partial charge on any atom is -0.334 e. The van der Waals surface area contributed by atoms with Gasteiger partial charge in [-0.05, 0) is 50.9 Å². The minimum atomic E-state index is -0.771. The van der Waals surface area contributed by atoms with Crippen molar-refractivity contribution >= 4 is 5.91 Å². The lowest BCUT2D eigenvalue weighted by Crippen LogP contribution is -2.42. The molecule has 1 amide bonds. The van der Waals surface area contributed by atoms with Crippen LogP contribution in [0.5, 0.6) is 0 Å². The summed E-state index contributed by atoms with van der Waals surface area (Å²) in [5.74, 6) is -1.74. The van der Waals surface area contributed by atoms with E-state index >= 15 is 0 Å². The summed E-state index contributed by atoms with van der Waals surface area (Å²) in [7, 11) is 0. The molecule has 0 aromatic heterocycles. The van der Waals surface area contributed by atoms with Crippen LogP contribution >= 0.6 is 0 Å². The van der Waals surface area contributed by atoms with Crippen molar-refractivity contribution in [2.24, 2.45) is 0 Å². The number of nitrogens with zero attached hydrogens (tertiary/aromatic N) is 2. The Morgan fingerprint density at radius 2 is 1.90 bits per heavy atom. The zero-order valence-electron chi connectivity index (χ0n) is 12.0. The standard InChI is InChI=1S/C16H20F2N2O/c17-12-5-6-14(15(18)10-12)16(21)20-9-3-4-13(20)11-19-7-1-2-8-19/h5-6,10,13H,1-4,7-9,11H2. The van der Waals surface area contributed by atoms with Crippen molar-refractivity contribution in [2.75, 3.05) is 26.2 Å². The van der Waals surface area contributed by atoms with E-state index in [4.69, 9.17) is 0 Å². The van der Waals surface area contributed by atoms with E-state index in [0.717, 1.165) is 44.6 Å². The Morgan fingerprint density at radius 3 is 2.62 bits per heavy atom. The lowest BCUT2D eigenvalue weighted by Gasteiger charge is -2.28. The van der Waals surface area contributed by atoms with Crippen LogP contribution in [0.25, 0.3) is 0 Å². The van der Waals surface area contributed by atoms with Gasteiger partial charge < -0.3 is 9.80 Å². The average molecular weight is 294 g/mol. The fraction of sp³-hybridized carbons (Fsp3) is 0.562. The highest BCUT2D eigenvalue weighted by Gasteiger charge is 2.32. The van der Waals surface area contributed by atoms with Gasteiger partial charge in [0, 0.05) is 25.2 Å². The number of amides is 1. The number of benzene rings is 1. The third kappa shape index (κ3) is 3.07. The van der Waals surface area contributed by atoms with Crippen molar-refractivity contribution in [3.05, 3.63) is 35.4 Å². The van der Waals surface area contributed by atoms with Crippen LogP contribution in [0, 0.1) is 11.6 Å². The first-order valence-corrected chi connectivity index (χ1v) is 7.63. The smallest absolute Gasteiger partial charge is 0.257 e. The molecule has 2 heterocycles. The molecule has 1 unspecified atom stereocenters. The molecule has 0 saturated carbocycles. The summed E-state index contributed by atoms with van der Waals surface area (Å²) in [5, 5.41) is 0. The molecule has 0 N–H and O–H groups in total. The topological polar surface area (TPSA) is 23.6 Å². The first kappa shape index (κ1) is 14.4. The SMILES string of the molecule is O=C(c1ccc(F)cc1F)N1CCCC1CN1CCCC1. The predicted octanol–water partition coefficient (Wildman–Crippen LogP) is 2.67. The van der Waals surface area contributed by atoms with Gasteiger partial charge in [0.05, 0.1) is 5.56 Å². The Bertz CT molecular complexity index is 529. The molecule has 2 aliphatic heterocycles. The van der Waals surface area contributed by atoms with Gasteiger partial charge in [0.15, 0.2) is 0 Å². The quantitative estimate of drug-likeness (QED) is 0.855. The van der Waals surface area contributed by atoms with Crippen LogP contribution in [0.2, 0.25) is 0 Å². The molecule has 5 heteroatoms. The molecule has 21 heavy (non-hydrogen) atoms. The van der Waals surface area contributed by atoms with Crippen molar-refractivity contribution in [3.8, 4) is 0 Å². The molecular weight excluding hydrogens is 274 g/mol. The predicted molar refractivity (Wildman–Crippen MR) is 76.1 cm³/mol. The highest BCUT2D eigenvalue weighted by molar-refractivity contribution is 5.94. The summed E-state index contributed by atoms with van der Waals surface area (Å²) in [6.07, 6.45) is 4.35. The molecule has 0 bridgehead atoms. The monoisotopic (exact) mass is 294 g/mol. The molecule has 1 atom stereocenters. The van der Waals surface area contributed by atoms with Gasteiger partial charge in [0.25, 0.3) is 5.91 Å². The van der Waals surface area contributed by atoms with E-state index in [1.54, 1.807) is 4.90 Å². The van der Waals surface area contributed by atoms with Gasteiger partial charge in [-0.1, -0.05) is 0 Å². The lowest BCUT2D eigenvalue weighted by atomic mass is 10.1. The van der Waals surface area contributed by atoms with Crippen LogP contribution in [0.3, 0.4) is 0 Å². The summed E-state index contributed by atoms with van der Waals surface area (Å²) >= 11 is 0.